The Balaban J connectivity index is 1.06. The number of aryl methyl sites for hydroxylation is 1. The largest absolute Gasteiger partial charge is 0.432 e. The maximum Gasteiger partial charge on any atom is 0.264 e. The van der Waals surface area contributed by atoms with Crippen molar-refractivity contribution < 1.29 is 24.2 Å². The minimum atomic E-state index is -2.84. The van der Waals surface area contributed by atoms with Gasteiger partial charge in [-0.05, 0) is 93.5 Å². The molecule has 12 nitrogen and oxygen atoms in total. The average Bonchev–Trinajstić information content (AvgIpc) is 3.88. The predicted octanol–water partition coefficient (Wildman–Crippen LogP) is 4.94. The Bertz CT molecular complexity index is 2020. The Kier molecular flexibility index (Phi) is 9.80. The number of anilines is 3. The van der Waals surface area contributed by atoms with E-state index in [1.165, 1.54) is 0 Å². The van der Waals surface area contributed by atoms with E-state index in [0.717, 1.165) is 58.6 Å². The Morgan fingerprint density at radius 3 is 2.44 bits per heavy atom. The summed E-state index contributed by atoms with van der Waals surface area (Å²) in [6.07, 6.45) is 3.90. The highest BCUT2D eigenvalue weighted by Crippen LogP contribution is 2.60. The molecule has 0 unspecified atom stereocenters. The van der Waals surface area contributed by atoms with Gasteiger partial charge in [0.15, 0.2) is 13.9 Å². The lowest BCUT2D eigenvalue weighted by Gasteiger charge is -2.39. The molecule has 284 valence electrons. The number of piperidine rings is 1. The molecule has 3 fully saturated rings. The summed E-state index contributed by atoms with van der Waals surface area (Å²) in [5.41, 5.74) is 3.05. The highest BCUT2D eigenvalue weighted by molar-refractivity contribution is 9.10. The number of halogens is 1. The van der Waals surface area contributed by atoms with Gasteiger partial charge < -0.3 is 29.8 Å². The Labute approximate surface area is 325 Å². The number of aliphatic hydroxyl groups excluding tert-OH is 1. The van der Waals surface area contributed by atoms with Crippen molar-refractivity contribution in [2.24, 2.45) is 5.92 Å². The molecule has 5 heterocycles. The first-order valence-corrected chi connectivity index (χ1v) is 22.7. The van der Waals surface area contributed by atoms with Gasteiger partial charge in [0.25, 0.3) is 11.8 Å². The van der Waals surface area contributed by atoms with E-state index in [1.54, 1.807) is 4.68 Å². The van der Waals surface area contributed by atoms with Crippen molar-refractivity contribution >= 4 is 53.1 Å². The van der Waals surface area contributed by atoms with Crippen molar-refractivity contribution in [3.05, 3.63) is 100 Å². The number of hydrogen-bond donors (Lipinski definition) is 3. The summed E-state index contributed by atoms with van der Waals surface area (Å²) in [6, 6.07) is 24.1. The Hall–Kier alpha value is -3.92. The van der Waals surface area contributed by atoms with Gasteiger partial charge in [-0.2, -0.15) is 0 Å². The van der Waals surface area contributed by atoms with E-state index < -0.39 is 19.5 Å². The van der Waals surface area contributed by atoms with Crippen molar-refractivity contribution in [1.82, 2.24) is 20.3 Å². The lowest BCUT2D eigenvalue weighted by molar-refractivity contribution is -0.146. The smallest absolute Gasteiger partial charge is 0.264 e. The second kappa shape index (κ2) is 14.3. The van der Waals surface area contributed by atoms with Crippen LogP contribution in [0.3, 0.4) is 0 Å². The van der Waals surface area contributed by atoms with Gasteiger partial charge in [-0.3, -0.25) is 19.2 Å². The molecule has 0 radical (unpaired) electrons. The van der Waals surface area contributed by atoms with Gasteiger partial charge >= 0.3 is 0 Å². The van der Waals surface area contributed by atoms with Crippen molar-refractivity contribution in [3.63, 3.8) is 0 Å². The van der Waals surface area contributed by atoms with Crippen LogP contribution in [0.4, 0.5) is 17.1 Å². The number of carbonyl (C=O) groups excluding carboxylic acids is 2. The van der Waals surface area contributed by atoms with E-state index in [2.05, 4.69) is 48.6 Å². The molecule has 4 aromatic rings. The molecular weight excluding hydrogens is 766 g/mol. The van der Waals surface area contributed by atoms with E-state index in [9.17, 15) is 19.5 Å². The third-order valence-corrected chi connectivity index (χ3v) is 15.1. The summed E-state index contributed by atoms with van der Waals surface area (Å²) in [5, 5.41) is 21.1. The first-order chi connectivity index (χ1) is 26.0. The highest BCUT2D eigenvalue weighted by Gasteiger charge is 2.66. The molecule has 4 aliphatic heterocycles. The van der Waals surface area contributed by atoms with E-state index >= 15 is 0 Å². The monoisotopic (exact) mass is 813 g/mol. The van der Waals surface area contributed by atoms with Crippen molar-refractivity contribution in [1.29, 1.82) is 0 Å². The molecule has 3 aromatic carbocycles. The molecular formula is C40H48BrN7O5Si. The van der Waals surface area contributed by atoms with Crippen LogP contribution in [0.5, 0.6) is 0 Å². The second-order valence-corrected chi connectivity index (χ2v) is 20.6. The minimum absolute atomic E-state index is 0.00109. The van der Waals surface area contributed by atoms with Crippen LogP contribution >= 0.6 is 15.9 Å². The van der Waals surface area contributed by atoms with Crippen LogP contribution in [0.25, 0.3) is 0 Å². The number of benzene rings is 3. The van der Waals surface area contributed by atoms with Crippen molar-refractivity contribution in [2.45, 2.75) is 81.6 Å². The third kappa shape index (κ3) is 6.20. The van der Waals surface area contributed by atoms with Gasteiger partial charge in [0.05, 0.1) is 30.7 Å². The predicted molar refractivity (Wildman–Crippen MR) is 212 cm³/mol. The molecule has 4 aliphatic rings. The minimum Gasteiger partial charge on any atom is -0.432 e. The molecule has 4 atom stereocenters. The van der Waals surface area contributed by atoms with Crippen LogP contribution in [0, 0.1) is 5.92 Å². The fraction of sp³-hybridized carbons (Fsp3) is 0.450. The molecule has 8 rings (SSSR count). The summed E-state index contributed by atoms with van der Waals surface area (Å²) in [6.45, 7) is 8.79. The van der Waals surface area contributed by atoms with Crippen LogP contribution in [-0.2, 0) is 39.4 Å². The summed E-state index contributed by atoms with van der Waals surface area (Å²) in [4.78, 5) is 46.9. The molecule has 1 aromatic heterocycles. The van der Waals surface area contributed by atoms with Crippen LogP contribution in [0.15, 0.2) is 83.5 Å². The van der Waals surface area contributed by atoms with E-state index in [4.69, 9.17) is 4.74 Å². The molecule has 0 bridgehead atoms. The van der Waals surface area contributed by atoms with Gasteiger partial charge in [0.2, 0.25) is 0 Å². The number of hydrogen-bond acceptors (Lipinski definition) is 9. The van der Waals surface area contributed by atoms with Gasteiger partial charge in [0, 0.05) is 58.6 Å². The normalized spacial score (nSPS) is 25.1. The topological polar surface area (TPSA) is 136 Å². The SMILES string of the molecule is C[C@@H]1[C@@H]([Si](C)(C)O)[C@H](CCn2cc(CCO)nn2)O[C@@]12C(=O)N(Cc1ccc(N3CN(c4ccccc4)C4(CCNCC4)C3=O)cc1)c1ccc(Br)cc12. The van der Waals surface area contributed by atoms with Gasteiger partial charge in [-0.15, -0.1) is 5.10 Å². The van der Waals surface area contributed by atoms with Crippen LogP contribution in [-0.4, -0.2) is 83.0 Å². The quantitative estimate of drug-likeness (QED) is 0.190. The standard InChI is InChI=1S/C40H48BrN7O5Si/c1-27-36(54(2,3)52)35(15-21-45-25-30(16-22-49)43-44-45)53-40(27)33-23-29(41)11-14-34(33)46(38(40)51)24-28-9-12-31(13-10-28)47-26-48(32-7-5-4-6-8-32)39(37(47)50)17-19-42-20-18-39/h4-14,23,25,27,35-36,42,49,52H,15-22,24,26H2,1-3H3/t27-,35+,36-,40+/m1/s1. The van der Waals surface area contributed by atoms with Crippen LogP contribution in [0.2, 0.25) is 18.6 Å². The zero-order chi connectivity index (χ0) is 37.8. The van der Waals surface area contributed by atoms with Crippen molar-refractivity contribution in [3.8, 4) is 0 Å². The Morgan fingerprint density at radius 2 is 1.74 bits per heavy atom. The average molecular weight is 815 g/mol. The van der Waals surface area contributed by atoms with E-state index in [-0.39, 0.29) is 36.0 Å². The molecule has 2 amide bonds. The fourth-order valence-corrected chi connectivity index (χ4v) is 12.5. The van der Waals surface area contributed by atoms with Crippen LogP contribution in [0.1, 0.15) is 43.0 Å². The molecule has 3 saturated heterocycles. The molecule has 14 heteroatoms. The number of carbonyl (C=O) groups is 2. The van der Waals surface area contributed by atoms with Gasteiger partial charge in [0.1, 0.15) is 5.54 Å². The summed E-state index contributed by atoms with van der Waals surface area (Å²) < 4.78 is 9.60. The zero-order valence-corrected chi connectivity index (χ0v) is 33.6. The second-order valence-electron chi connectivity index (χ2n) is 15.7. The molecule has 54 heavy (non-hydrogen) atoms. The van der Waals surface area contributed by atoms with Crippen LogP contribution < -0.4 is 20.0 Å². The number of nitrogens with one attached hydrogen (secondary N) is 1. The summed E-state index contributed by atoms with van der Waals surface area (Å²) >= 11 is 3.66. The molecule has 0 saturated carbocycles. The number of amides is 2. The fourth-order valence-electron chi connectivity index (χ4n) is 9.54. The van der Waals surface area contributed by atoms with Gasteiger partial charge in [-0.25, -0.2) is 0 Å². The maximum atomic E-state index is 14.9. The Morgan fingerprint density at radius 1 is 1.00 bits per heavy atom. The number of fused-ring (bicyclic) bond motifs is 2. The molecule has 2 spiro atoms. The number of ether oxygens (including phenoxy) is 1. The first-order valence-electron chi connectivity index (χ1n) is 18.9. The number of aliphatic hydroxyl groups is 1. The number of aromatic nitrogens is 3. The molecule has 3 N–H and O–H groups in total. The number of para-hydroxylation sites is 1. The number of nitrogens with zero attached hydrogens (tertiary/aromatic N) is 6. The summed E-state index contributed by atoms with van der Waals surface area (Å²) in [7, 11) is -2.84. The lowest BCUT2D eigenvalue weighted by Crippen LogP contribution is -2.55. The van der Waals surface area contributed by atoms with E-state index in [1.807, 2.05) is 96.7 Å². The summed E-state index contributed by atoms with van der Waals surface area (Å²) in [5.74, 6) is -0.304. The molecule has 0 aliphatic carbocycles. The third-order valence-electron chi connectivity index (χ3n) is 12.1. The van der Waals surface area contributed by atoms with Gasteiger partial charge in [-0.1, -0.05) is 58.4 Å². The first kappa shape index (κ1) is 37.0. The zero-order valence-electron chi connectivity index (χ0n) is 31.0. The van der Waals surface area contributed by atoms with E-state index in [0.29, 0.717) is 38.3 Å². The highest BCUT2D eigenvalue weighted by atomic mass is 79.9. The maximum absolute atomic E-state index is 14.9. The van der Waals surface area contributed by atoms with Crippen molar-refractivity contribution in [2.75, 3.05) is 41.1 Å². The lowest BCUT2D eigenvalue weighted by atomic mass is 9.82. The number of rotatable bonds is 10.